The maximum atomic E-state index is 13.7. The van der Waals surface area contributed by atoms with Crippen LogP contribution in [0.2, 0.25) is 0 Å². The van der Waals surface area contributed by atoms with Crippen molar-refractivity contribution in [3.8, 4) is 11.3 Å². The molecule has 1 heterocycles. The molecule has 0 radical (unpaired) electrons. The number of nitrogens with one attached hydrogen (secondary N) is 1. The summed E-state index contributed by atoms with van der Waals surface area (Å²) in [6, 6.07) is 3.25. The van der Waals surface area contributed by atoms with Crippen LogP contribution in [0.15, 0.2) is 18.2 Å². The lowest BCUT2D eigenvalue weighted by Gasteiger charge is -2.27. The van der Waals surface area contributed by atoms with Crippen LogP contribution in [-0.4, -0.2) is 22.1 Å². The van der Waals surface area contributed by atoms with E-state index in [1.807, 2.05) is 0 Å². The first-order valence-corrected chi connectivity index (χ1v) is 9.40. The van der Waals surface area contributed by atoms with Crippen molar-refractivity contribution in [1.29, 1.82) is 0 Å². The van der Waals surface area contributed by atoms with Crippen molar-refractivity contribution in [1.82, 2.24) is 9.78 Å². The van der Waals surface area contributed by atoms with Gasteiger partial charge in [0.15, 0.2) is 5.82 Å². The molecular formula is C20H21F4N3O. The fourth-order valence-electron chi connectivity index (χ4n) is 3.88. The monoisotopic (exact) mass is 395 g/mol. The number of benzene rings is 1. The van der Waals surface area contributed by atoms with Crippen LogP contribution in [0.1, 0.15) is 50.0 Å². The van der Waals surface area contributed by atoms with E-state index in [4.69, 9.17) is 0 Å². The molecule has 4 nitrogen and oxygen atoms in total. The van der Waals surface area contributed by atoms with Crippen molar-refractivity contribution in [2.75, 3.05) is 5.32 Å². The quantitative estimate of drug-likeness (QED) is 0.699. The van der Waals surface area contributed by atoms with Gasteiger partial charge >= 0.3 is 0 Å². The van der Waals surface area contributed by atoms with Crippen LogP contribution in [0.4, 0.5) is 23.4 Å². The number of hydrogen-bond donors (Lipinski definition) is 1. The SMILES string of the molecule is Cn1nc(NC(=O)CC2(C(F)F)CC2)c(C2CCC2)c1-c1cc(F)cc(F)c1. The number of aryl methyl sites for hydroxylation is 1. The van der Waals surface area contributed by atoms with Crippen molar-refractivity contribution in [3.63, 3.8) is 0 Å². The highest BCUT2D eigenvalue weighted by Crippen LogP contribution is 2.53. The summed E-state index contributed by atoms with van der Waals surface area (Å²) < 4.78 is 55.3. The molecule has 0 bridgehead atoms. The minimum Gasteiger partial charge on any atom is -0.309 e. The van der Waals surface area contributed by atoms with Gasteiger partial charge in [0, 0.05) is 36.1 Å². The molecular weight excluding hydrogens is 374 g/mol. The van der Waals surface area contributed by atoms with E-state index in [-0.39, 0.29) is 12.3 Å². The van der Waals surface area contributed by atoms with E-state index in [9.17, 15) is 22.4 Å². The van der Waals surface area contributed by atoms with E-state index in [1.165, 1.54) is 16.8 Å². The number of hydrogen-bond acceptors (Lipinski definition) is 2. The second-order valence-corrected chi connectivity index (χ2v) is 7.91. The molecule has 1 aromatic heterocycles. The first-order valence-electron chi connectivity index (χ1n) is 9.40. The lowest BCUT2D eigenvalue weighted by atomic mass is 9.79. The summed E-state index contributed by atoms with van der Waals surface area (Å²) in [6.45, 7) is 0. The van der Waals surface area contributed by atoms with E-state index in [0.29, 0.717) is 35.5 Å². The summed E-state index contributed by atoms with van der Waals surface area (Å²) >= 11 is 0. The van der Waals surface area contributed by atoms with Crippen LogP contribution in [-0.2, 0) is 11.8 Å². The summed E-state index contributed by atoms with van der Waals surface area (Å²) in [4.78, 5) is 12.4. The third-order valence-electron chi connectivity index (χ3n) is 5.86. The maximum absolute atomic E-state index is 13.7. The van der Waals surface area contributed by atoms with E-state index < -0.39 is 29.4 Å². The van der Waals surface area contributed by atoms with Crippen LogP contribution in [0, 0.1) is 17.0 Å². The summed E-state index contributed by atoms with van der Waals surface area (Å²) in [5.41, 5.74) is 0.368. The second kappa shape index (κ2) is 6.90. The third kappa shape index (κ3) is 3.40. The summed E-state index contributed by atoms with van der Waals surface area (Å²) in [7, 11) is 1.64. The molecule has 0 unspecified atom stereocenters. The zero-order chi connectivity index (χ0) is 20.1. The van der Waals surface area contributed by atoms with Crippen molar-refractivity contribution < 1.29 is 22.4 Å². The van der Waals surface area contributed by atoms with Gasteiger partial charge < -0.3 is 5.32 Å². The van der Waals surface area contributed by atoms with Gasteiger partial charge in [-0.3, -0.25) is 9.48 Å². The average molecular weight is 395 g/mol. The van der Waals surface area contributed by atoms with Crippen molar-refractivity contribution in [2.45, 2.75) is 50.9 Å². The predicted molar refractivity (Wildman–Crippen MR) is 96.1 cm³/mol. The normalized spacial score (nSPS) is 18.2. The Kier molecular flexibility index (Phi) is 4.67. The van der Waals surface area contributed by atoms with Gasteiger partial charge in [0.2, 0.25) is 12.3 Å². The topological polar surface area (TPSA) is 46.9 Å². The summed E-state index contributed by atoms with van der Waals surface area (Å²) in [5.74, 6) is -1.51. The number of halogens is 4. The van der Waals surface area contributed by atoms with Crippen molar-refractivity contribution in [3.05, 3.63) is 35.4 Å². The van der Waals surface area contributed by atoms with Gasteiger partial charge in [-0.25, -0.2) is 17.6 Å². The van der Waals surface area contributed by atoms with E-state index in [1.54, 1.807) is 7.05 Å². The Balaban J connectivity index is 1.67. The fraction of sp³-hybridized carbons (Fsp3) is 0.500. The average Bonchev–Trinajstić information content (AvgIpc) is 3.25. The van der Waals surface area contributed by atoms with Crippen LogP contribution in [0.3, 0.4) is 0 Å². The highest BCUT2D eigenvalue weighted by atomic mass is 19.3. The Bertz CT molecular complexity index is 896. The highest BCUT2D eigenvalue weighted by Gasteiger charge is 2.52. The van der Waals surface area contributed by atoms with Crippen molar-refractivity contribution >= 4 is 11.7 Å². The molecule has 1 N–H and O–H groups in total. The molecule has 0 saturated heterocycles. The molecule has 0 atom stereocenters. The Morgan fingerprint density at radius 1 is 1.25 bits per heavy atom. The van der Waals surface area contributed by atoms with Crippen LogP contribution in [0.25, 0.3) is 11.3 Å². The number of alkyl halides is 2. The number of amides is 1. The van der Waals surface area contributed by atoms with E-state index in [2.05, 4.69) is 10.4 Å². The first-order chi connectivity index (χ1) is 13.3. The molecule has 2 aromatic rings. The molecule has 0 aliphatic heterocycles. The molecule has 1 amide bonds. The largest absolute Gasteiger partial charge is 0.309 e. The molecule has 8 heteroatoms. The Hall–Kier alpha value is -2.38. The molecule has 0 spiro atoms. The first kappa shape index (κ1) is 19.0. The van der Waals surface area contributed by atoms with Gasteiger partial charge in [-0.15, -0.1) is 0 Å². The Labute approximate surface area is 159 Å². The van der Waals surface area contributed by atoms with Gasteiger partial charge in [-0.05, 0) is 43.7 Å². The van der Waals surface area contributed by atoms with E-state index >= 15 is 0 Å². The molecule has 150 valence electrons. The minimum absolute atomic E-state index is 0.107. The molecule has 28 heavy (non-hydrogen) atoms. The number of aromatic nitrogens is 2. The number of rotatable bonds is 6. The molecule has 2 aliphatic rings. The maximum Gasteiger partial charge on any atom is 0.244 e. The van der Waals surface area contributed by atoms with Gasteiger partial charge in [-0.2, -0.15) is 5.10 Å². The number of carbonyl (C=O) groups is 1. The lowest BCUT2D eigenvalue weighted by Crippen LogP contribution is -2.23. The fourth-order valence-corrected chi connectivity index (χ4v) is 3.88. The lowest BCUT2D eigenvalue weighted by molar-refractivity contribution is -0.119. The second-order valence-electron chi connectivity index (χ2n) is 7.91. The van der Waals surface area contributed by atoms with Gasteiger partial charge in [0.05, 0.1) is 5.69 Å². The summed E-state index contributed by atoms with van der Waals surface area (Å²) in [5, 5.41) is 7.02. The Morgan fingerprint density at radius 2 is 1.89 bits per heavy atom. The van der Waals surface area contributed by atoms with E-state index in [0.717, 1.165) is 25.3 Å². The number of nitrogens with zero attached hydrogens (tertiary/aromatic N) is 2. The zero-order valence-corrected chi connectivity index (χ0v) is 15.4. The number of carbonyl (C=O) groups excluding carboxylic acids is 1. The van der Waals surface area contributed by atoms with Crippen molar-refractivity contribution in [2.24, 2.45) is 12.5 Å². The summed E-state index contributed by atoms with van der Waals surface area (Å²) in [6.07, 6.45) is 0.653. The van der Waals surface area contributed by atoms with Gasteiger partial charge in [0.1, 0.15) is 11.6 Å². The van der Waals surface area contributed by atoms with Gasteiger partial charge in [-0.1, -0.05) is 6.42 Å². The standard InChI is InChI=1S/C20H21F4N3O/c1-27-17(12-7-13(21)9-14(22)8-12)16(11-3-2-4-11)18(26-27)25-15(28)10-20(5-6-20)19(23)24/h7-9,11,19H,2-6,10H2,1H3,(H,25,26,28). The molecule has 2 aliphatic carbocycles. The zero-order valence-electron chi connectivity index (χ0n) is 15.4. The molecule has 2 fully saturated rings. The van der Waals surface area contributed by atoms with Gasteiger partial charge in [0.25, 0.3) is 0 Å². The molecule has 4 rings (SSSR count). The van der Waals surface area contributed by atoms with Crippen LogP contribution < -0.4 is 5.32 Å². The predicted octanol–water partition coefficient (Wildman–Crippen LogP) is 5.01. The Morgan fingerprint density at radius 3 is 2.39 bits per heavy atom. The smallest absolute Gasteiger partial charge is 0.244 e. The third-order valence-corrected chi connectivity index (χ3v) is 5.86. The highest BCUT2D eigenvalue weighted by molar-refractivity contribution is 5.92. The number of anilines is 1. The van der Waals surface area contributed by atoms with Crippen LogP contribution >= 0.6 is 0 Å². The minimum atomic E-state index is -2.53. The molecule has 1 aromatic carbocycles. The molecule has 2 saturated carbocycles. The van der Waals surface area contributed by atoms with Crippen LogP contribution in [0.5, 0.6) is 0 Å².